The molecule has 8 heteroatoms. The molecule has 0 spiro atoms. The summed E-state index contributed by atoms with van der Waals surface area (Å²) in [6, 6.07) is 6.98. The average molecular weight is 405 g/mol. The summed E-state index contributed by atoms with van der Waals surface area (Å²) in [5, 5.41) is 7.72. The minimum Gasteiger partial charge on any atom is -0.374 e. The summed E-state index contributed by atoms with van der Waals surface area (Å²) in [5.41, 5.74) is 2.90. The van der Waals surface area contributed by atoms with Crippen molar-refractivity contribution in [2.75, 3.05) is 17.2 Å². The number of amides is 2. The van der Waals surface area contributed by atoms with Gasteiger partial charge in [0.15, 0.2) is 17.5 Å². The molecule has 0 radical (unpaired) electrons. The maximum absolute atomic E-state index is 13.6. The Labute approximate surface area is 166 Å². The summed E-state index contributed by atoms with van der Waals surface area (Å²) >= 11 is 0. The van der Waals surface area contributed by atoms with Crippen molar-refractivity contribution in [3.05, 3.63) is 58.9 Å². The Kier molecular flexibility index (Phi) is 6.41. The van der Waals surface area contributed by atoms with Gasteiger partial charge in [-0.3, -0.25) is 9.59 Å². The van der Waals surface area contributed by atoms with Crippen LogP contribution in [0, 0.1) is 17.5 Å². The molecule has 0 fully saturated rings. The number of carbonyl (C=O) groups is 2. The van der Waals surface area contributed by atoms with Crippen LogP contribution in [0.25, 0.3) is 0 Å². The molecule has 3 N–H and O–H groups in total. The molecule has 3 rings (SSSR count). The van der Waals surface area contributed by atoms with Crippen LogP contribution in [0.15, 0.2) is 30.3 Å². The minimum atomic E-state index is -1.67. The second kappa shape index (κ2) is 8.98. The lowest BCUT2D eigenvalue weighted by atomic mass is 9.90. The van der Waals surface area contributed by atoms with Crippen LogP contribution in [0.4, 0.5) is 24.5 Å². The second-order valence-corrected chi connectivity index (χ2v) is 7.01. The fraction of sp³-hybridized carbons (Fsp3) is 0.333. The van der Waals surface area contributed by atoms with Crippen LogP contribution in [0.5, 0.6) is 0 Å². The number of fused-ring (bicyclic) bond motifs is 1. The third-order valence-electron chi connectivity index (χ3n) is 4.89. The van der Waals surface area contributed by atoms with Crippen LogP contribution in [-0.4, -0.2) is 24.4 Å². The van der Waals surface area contributed by atoms with Gasteiger partial charge in [0.2, 0.25) is 11.8 Å². The lowest BCUT2D eigenvalue weighted by molar-refractivity contribution is -0.124. The Hall–Kier alpha value is -3.03. The molecule has 1 aliphatic rings. The quantitative estimate of drug-likeness (QED) is 0.644. The molecule has 5 nitrogen and oxygen atoms in total. The fourth-order valence-electron chi connectivity index (χ4n) is 3.35. The van der Waals surface area contributed by atoms with Crippen LogP contribution in [0.1, 0.15) is 30.9 Å². The number of nitrogens with one attached hydrogen (secondary N) is 3. The first kappa shape index (κ1) is 20.7. The maximum atomic E-state index is 13.6. The molecule has 1 aliphatic carbocycles. The van der Waals surface area contributed by atoms with Crippen molar-refractivity contribution in [2.24, 2.45) is 0 Å². The average Bonchev–Trinajstić information content (AvgIpc) is 2.72. The number of halogens is 3. The Morgan fingerprint density at radius 1 is 1.00 bits per heavy atom. The molecule has 2 aromatic rings. The molecule has 29 heavy (non-hydrogen) atoms. The zero-order valence-corrected chi connectivity index (χ0v) is 16.0. The van der Waals surface area contributed by atoms with E-state index in [0.717, 1.165) is 37.4 Å². The van der Waals surface area contributed by atoms with Crippen molar-refractivity contribution in [3.63, 3.8) is 0 Å². The highest BCUT2D eigenvalue weighted by Gasteiger charge is 2.19. The van der Waals surface area contributed by atoms with Crippen molar-refractivity contribution < 1.29 is 22.8 Å². The van der Waals surface area contributed by atoms with E-state index in [1.54, 1.807) is 6.92 Å². The van der Waals surface area contributed by atoms with Crippen molar-refractivity contribution in [1.82, 2.24) is 5.32 Å². The van der Waals surface area contributed by atoms with E-state index in [4.69, 9.17) is 0 Å². The SMILES string of the molecule is CC(Nc1cccc2c1CCCC2)C(=O)NCC(=O)Nc1ccc(F)c(F)c1F. The molecule has 1 unspecified atom stereocenters. The Morgan fingerprint density at radius 2 is 1.76 bits per heavy atom. The summed E-state index contributed by atoms with van der Waals surface area (Å²) in [4.78, 5) is 24.2. The standard InChI is InChI=1S/C21H22F3N3O2/c1-12(26-16-8-4-6-13-5-2-3-7-14(13)16)21(29)25-11-18(28)27-17-10-9-15(22)19(23)20(17)24/h4,6,8-10,12,26H,2-3,5,7,11H2,1H3,(H,25,29)(H,27,28). The Morgan fingerprint density at radius 3 is 2.55 bits per heavy atom. The van der Waals surface area contributed by atoms with Gasteiger partial charge in [0.25, 0.3) is 0 Å². The first-order valence-corrected chi connectivity index (χ1v) is 9.45. The molecule has 154 valence electrons. The molecule has 0 saturated carbocycles. The van der Waals surface area contributed by atoms with Gasteiger partial charge in [0.05, 0.1) is 12.2 Å². The van der Waals surface area contributed by atoms with Crippen LogP contribution in [0.2, 0.25) is 0 Å². The monoisotopic (exact) mass is 405 g/mol. The Bertz CT molecular complexity index is 934. The zero-order chi connectivity index (χ0) is 21.0. The van der Waals surface area contributed by atoms with Crippen molar-refractivity contribution in [3.8, 4) is 0 Å². The van der Waals surface area contributed by atoms with Crippen LogP contribution >= 0.6 is 0 Å². The van der Waals surface area contributed by atoms with Crippen LogP contribution in [0.3, 0.4) is 0 Å². The number of benzene rings is 2. The number of anilines is 2. The molecule has 0 saturated heterocycles. The van der Waals surface area contributed by atoms with E-state index in [-0.39, 0.29) is 0 Å². The summed E-state index contributed by atoms with van der Waals surface area (Å²) in [7, 11) is 0. The summed E-state index contributed by atoms with van der Waals surface area (Å²) in [6.45, 7) is 1.24. The largest absolute Gasteiger partial charge is 0.374 e. The number of hydrogen-bond donors (Lipinski definition) is 3. The molecular weight excluding hydrogens is 383 g/mol. The molecule has 0 heterocycles. The highest BCUT2D eigenvalue weighted by atomic mass is 19.2. The predicted molar refractivity (Wildman–Crippen MR) is 104 cm³/mol. The molecule has 2 aromatic carbocycles. The fourth-order valence-corrected chi connectivity index (χ4v) is 3.35. The maximum Gasteiger partial charge on any atom is 0.243 e. The molecule has 0 aliphatic heterocycles. The van der Waals surface area contributed by atoms with Crippen molar-refractivity contribution in [1.29, 1.82) is 0 Å². The first-order valence-electron chi connectivity index (χ1n) is 9.45. The topological polar surface area (TPSA) is 70.2 Å². The van der Waals surface area contributed by atoms with Crippen LogP contribution in [-0.2, 0) is 22.4 Å². The van der Waals surface area contributed by atoms with Crippen molar-refractivity contribution >= 4 is 23.2 Å². The van der Waals surface area contributed by atoms with E-state index in [0.29, 0.717) is 6.07 Å². The number of carbonyl (C=O) groups excluding carboxylic acids is 2. The van der Waals surface area contributed by atoms with Gasteiger partial charge in [-0.2, -0.15) is 0 Å². The van der Waals surface area contributed by atoms with Crippen LogP contribution < -0.4 is 16.0 Å². The number of hydrogen-bond acceptors (Lipinski definition) is 3. The third-order valence-corrected chi connectivity index (χ3v) is 4.89. The second-order valence-electron chi connectivity index (χ2n) is 7.01. The summed E-state index contributed by atoms with van der Waals surface area (Å²) in [6.07, 6.45) is 4.23. The van der Waals surface area contributed by atoms with E-state index < -0.39 is 47.5 Å². The normalized spacial score (nSPS) is 13.9. The molecular formula is C21H22F3N3O2. The molecule has 0 aromatic heterocycles. The predicted octanol–water partition coefficient (Wildman–Crippen LogP) is 3.54. The van der Waals surface area contributed by atoms with E-state index in [1.165, 1.54) is 11.1 Å². The van der Waals surface area contributed by atoms with E-state index >= 15 is 0 Å². The number of rotatable bonds is 6. The van der Waals surface area contributed by atoms with E-state index in [9.17, 15) is 22.8 Å². The van der Waals surface area contributed by atoms with Gasteiger partial charge < -0.3 is 16.0 Å². The summed E-state index contributed by atoms with van der Waals surface area (Å²) < 4.78 is 39.7. The van der Waals surface area contributed by atoms with E-state index in [1.807, 2.05) is 12.1 Å². The van der Waals surface area contributed by atoms with Gasteiger partial charge >= 0.3 is 0 Å². The Balaban J connectivity index is 1.54. The van der Waals surface area contributed by atoms with Crippen molar-refractivity contribution in [2.45, 2.75) is 38.6 Å². The number of aryl methyl sites for hydroxylation is 1. The summed E-state index contributed by atoms with van der Waals surface area (Å²) in [5.74, 6) is -5.69. The van der Waals surface area contributed by atoms with Gasteiger partial charge in [0.1, 0.15) is 6.04 Å². The minimum absolute atomic E-state index is 0.417. The lowest BCUT2D eigenvalue weighted by Gasteiger charge is -2.22. The molecule has 0 bridgehead atoms. The van der Waals surface area contributed by atoms with E-state index in [2.05, 4.69) is 22.0 Å². The van der Waals surface area contributed by atoms with Gasteiger partial charge in [-0.15, -0.1) is 0 Å². The molecule has 2 amide bonds. The first-order chi connectivity index (χ1) is 13.9. The van der Waals surface area contributed by atoms with Gasteiger partial charge in [-0.1, -0.05) is 12.1 Å². The zero-order valence-electron chi connectivity index (χ0n) is 16.0. The molecule has 1 atom stereocenters. The highest BCUT2D eigenvalue weighted by molar-refractivity contribution is 5.95. The van der Waals surface area contributed by atoms with Gasteiger partial charge in [-0.05, 0) is 61.9 Å². The van der Waals surface area contributed by atoms with Gasteiger partial charge in [0, 0.05) is 5.69 Å². The van der Waals surface area contributed by atoms with Gasteiger partial charge in [-0.25, -0.2) is 13.2 Å². The smallest absolute Gasteiger partial charge is 0.243 e. The highest BCUT2D eigenvalue weighted by Crippen LogP contribution is 2.28. The lowest BCUT2D eigenvalue weighted by Crippen LogP contribution is -2.41. The third kappa shape index (κ3) is 4.88.